The molecule has 0 saturated heterocycles. The molecule has 134 valence electrons. The van der Waals surface area contributed by atoms with Gasteiger partial charge in [-0.3, -0.25) is 9.69 Å². The molecule has 1 aromatic carbocycles. The van der Waals surface area contributed by atoms with Crippen LogP contribution in [-0.2, 0) is 16.1 Å². The highest BCUT2D eigenvalue weighted by molar-refractivity contribution is 6.31. The third kappa shape index (κ3) is 5.34. The van der Waals surface area contributed by atoms with Gasteiger partial charge in [0, 0.05) is 10.7 Å². The lowest BCUT2D eigenvalue weighted by Crippen LogP contribution is -2.32. The Morgan fingerprint density at radius 3 is 2.72 bits per heavy atom. The van der Waals surface area contributed by atoms with Gasteiger partial charge in [-0.25, -0.2) is 4.79 Å². The number of likely N-dealkylation sites (N-methyl/N-ethyl adjacent to an activating group) is 1. The minimum atomic E-state index is -0.525. The van der Waals surface area contributed by atoms with Crippen molar-refractivity contribution in [1.82, 2.24) is 4.90 Å². The lowest BCUT2D eigenvalue weighted by molar-refractivity contribution is -0.117. The zero-order chi connectivity index (χ0) is 18.4. The van der Waals surface area contributed by atoms with Crippen molar-refractivity contribution in [2.24, 2.45) is 0 Å². The third-order valence-electron chi connectivity index (χ3n) is 3.72. The molecule has 0 aliphatic heterocycles. The molecule has 0 radical (unpaired) electrons. The summed E-state index contributed by atoms with van der Waals surface area (Å²) in [6.45, 7) is 5.10. The van der Waals surface area contributed by atoms with Crippen molar-refractivity contribution in [1.29, 1.82) is 0 Å². The SMILES string of the molecule is CCN(CC(=O)Nc1cc(Cl)ccc1C)Cc1ccc(C(=O)OC)o1. The van der Waals surface area contributed by atoms with Crippen LogP contribution in [0.4, 0.5) is 5.69 Å². The van der Waals surface area contributed by atoms with Crippen molar-refractivity contribution in [2.45, 2.75) is 20.4 Å². The summed E-state index contributed by atoms with van der Waals surface area (Å²) < 4.78 is 10.0. The van der Waals surface area contributed by atoms with E-state index < -0.39 is 5.97 Å². The normalized spacial score (nSPS) is 10.8. The van der Waals surface area contributed by atoms with Crippen molar-refractivity contribution in [2.75, 3.05) is 25.5 Å². The number of methoxy groups -OCH3 is 1. The Morgan fingerprint density at radius 2 is 2.04 bits per heavy atom. The Balaban J connectivity index is 1.96. The number of furan rings is 1. The summed E-state index contributed by atoms with van der Waals surface area (Å²) in [5.74, 6) is 0.0666. The molecule has 25 heavy (non-hydrogen) atoms. The molecule has 0 saturated carbocycles. The second-order valence-corrected chi connectivity index (χ2v) is 6.00. The zero-order valence-electron chi connectivity index (χ0n) is 14.5. The number of esters is 1. The van der Waals surface area contributed by atoms with Crippen LogP contribution in [0.15, 0.2) is 34.7 Å². The minimum Gasteiger partial charge on any atom is -0.463 e. The van der Waals surface area contributed by atoms with Crippen LogP contribution in [-0.4, -0.2) is 37.0 Å². The van der Waals surface area contributed by atoms with Gasteiger partial charge in [-0.05, 0) is 43.3 Å². The second-order valence-electron chi connectivity index (χ2n) is 5.57. The summed E-state index contributed by atoms with van der Waals surface area (Å²) in [7, 11) is 1.30. The molecule has 0 aliphatic carbocycles. The van der Waals surface area contributed by atoms with Crippen LogP contribution in [0.5, 0.6) is 0 Å². The number of hydrogen-bond donors (Lipinski definition) is 1. The Hall–Kier alpha value is -2.31. The maximum Gasteiger partial charge on any atom is 0.373 e. The number of ether oxygens (including phenoxy) is 1. The average molecular weight is 365 g/mol. The molecule has 6 nitrogen and oxygen atoms in total. The number of carbonyl (C=O) groups is 2. The molecule has 1 amide bonds. The molecule has 0 spiro atoms. The first-order valence-corrected chi connectivity index (χ1v) is 8.26. The lowest BCUT2D eigenvalue weighted by atomic mass is 10.2. The standard InChI is InChI=1S/C18H21ClN2O4/c1-4-21(10-14-7-8-16(25-14)18(23)24-3)11-17(22)20-15-9-13(19)6-5-12(15)2/h5-9H,4,10-11H2,1-3H3,(H,20,22). The third-order valence-corrected chi connectivity index (χ3v) is 3.95. The van der Waals surface area contributed by atoms with E-state index in [4.69, 9.17) is 16.0 Å². The van der Waals surface area contributed by atoms with Gasteiger partial charge < -0.3 is 14.5 Å². The predicted octanol–water partition coefficient (Wildman–Crippen LogP) is 3.49. The Kier molecular flexibility index (Phi) is 6.61. The van der Waals surface area contributed by atoms with Gasteiger partial charge in [0.15, 0.2) is 0 Å². The van der Waals surface area contributed by atoms with E-state index in [1.54, 1.807) is 24.3 Å². The highest BCUT2D eigenvalue weighted by atomic mass is 35.5. The number of nitrogens with one attached hydrogen (secondary N) is 1. The molecule has 0 aliphatic rings. The van der Waals surface area contributed by atoms with Crippen LogP contribution in [0.2, 0.25) is 5.02 Å². The molecular formula is C18H21ClN2O4. The summed E-state index contributed by atoms with van der Waals surface area (Å²) in [4.78, 5) is 25.6. The summed E-state index contributed by atoms with van der Waals surface area (Å²) in [5.41, 5.74) is 1.63. The van der Waals surface area contributed by atoms with Gasteiger partial charge in [-0.2, -0.15) is 0 Å². The first-order valence-electron chi connectivity index (χ1n) is 7.88. The molecule has 1 N–H and O–H groups in total. The second kappa shape index (κ2) is 8.69. The van der Waals surface area contributed by atoms with Gasteiger partial charge in [0.1, 0.15) is 5.76 Å². The number of amides is 1. The van der Waals surface area contributed by atoms with E-state index in [1.807, 2.05) is 24.8 Å². The van der Waals surface area contributed by atoms with Gasteiger partial charge in [-0.1, -0.05) is 24.6 Å². The first-order chi connectivity index (χ1) is 11.9. The molecule has 0 fully saturated rings. The number of rotatable bonds is 7. The average Bonchev–Trinajstić information content (AvgIpc) is 3.05. The quantitative estimate of drug-likeness (QED) is 0.761. The Bertz CT molecular complexity index is 757. The maximum absolute atomic E-state index is 12.3. The molecule has 7 heteroatoms. The number of halogens is 1. The van der Waals surface area contributed by atoms with E-state index in [0.717, 1.165) is 5.56 Å². The van der Waals surface area contributed by atoms with Gasteiger partial charge in [0.25, 0.3) is 0 Å². The van der Waals surface area contributed by atoms with E-state index in [9.17, 15) is 9.59 Å². The lowest BCUT2D eigenvalue weighted by Gasteiger charge is -2.19. The van der Waals surface area contributed by atoms with E-state index in [2.05, 4.69) is 10.1 Å². The molecule has 0 atom stereocenters. The minimum absolute atomic E-state index is 0.146. The van der Waals surface area contributed by atoms with Gasteiger partial charge >= 0.3 is 5.97 Å². The van der Waals surface area contributed by atoms with Crippen molar-refractivity contribution in [3.63, 3.8) is 0 Å². The monoisotopic (exact) mass is 364 g/mol. The topological polar surface area (TPSA) is 71.8 Å². The highest BCUT2D eigenvalue weighted by Gasteiger charge is 2.15. The molecule has 0 unspecified atom stereocenters. The fourth-order valence-electron chi connectivity index (χ4n) is 2.29. The van der Waals surface area contributed by atoms with Gasteiger partial charge in [0.05, 0.1) is 20.2 Å². The number of carbonyl (C=O) groups excluding carboxylic acids is 2. The van der Waals surface area contributed by atoms with Gasteiger partial charge in [0.2, 0.25) is 11.7 Å². The van der Waals surface area contributed by atoms with Crippen LogP contribution in [0, 0.1) is 6.92 Å². The Labute approximate surface area is 151 Å². The molecule has 2 rings (SSSR count). The van der Waals surface area contributed by atoms with E-state index in [1.165, 1.54) is 7.11 Å². The number of anilines is 1. The van der Waals surface area contributed by atoms with E-state index in [-0.39, 0.29) is 18.2 Å². The largest absolute Gasteiger partial charge is 0.463 e. The smallest absolute Gasteiger partial charge is 0.373 e. The Morgan fingerprint density at radius 1 is 1.28 bits per heavy atom. The predicted molar refractivity (Wildman–Crippen MR) is 95.8 cm³/mol. The van der Waals surface area contributed by atoms with Crippen molar-refractivity contribution in [3.8, 4) is 0 Å². The first kappa shape index (κ1) is 19.0. The maximum atomic E-state index is 12.3. The summed E-state index contributed by atoms with van der Waals surface area (Å²) >= 11 is 5.97. The highest BCUT2D eigenvalue weighted by Crippen LogP contribution is 2.20. The number of hydrogen-bond acceptors (Lipinski definition) is 5. The summed E-state index contributed by atoms with van der Waals surface area (Å²) in [5, 5.41) is 3.43. The molecule has 1 heterocycles. The number of nitrogens with zero attached hydrogens (tertiary/aromatic N) is 1. The van der Waals surface area contributed by atoms with Gasteiger partial charge in [-0.15, -0.1) is 0 Å². The van der Waals surface area contributed by atoms with Crippen LogP contribution < -0.4 is 5.32 Å². The van der Waals surface area contributed by atoms with Crippen LogP contribution in [0.3, 0.4) is 0 Å². The summed E-state index contributed by atoms with van der Waals surface area (Å²) in [6, 6.07) is 8.62. The zero-order valence-corrected chi connectivity index (χ0v) is 15.2. The fourth-order valence-corrected chi connectivity index (χ4v) is 2.47. The molecular weight excluding hydrogens is 344 g/mol. The van der Waals surface area contributed by atoms with Crippen molar-refractivity contribution < 1.29 is 18.7 Å². The van der Waals surface area contributed by atoms with E-state index >= 15 is 0 Å². The van der Waals surface area contributed by atoms with Crippen LogP contribution >= 0.6 is 11.6 Å². The molecule has 1 aromatic heterocycles. The van der Waals surface area contributed by atoms with Crippen LogP contribution in [0.1, 0.15) is 28.8 Å². The van der Waals surface area contributed by atoms with Crippen molar-refractivity contribution >= 4 is 29.2 Å². The molecule has 2 aromatic rings. The van der Waals surface area contributed by atoms with Crippen LogP contribution in [0.25, 0.3) is 0 Å². The van der Waals surface area contributed by atoms with E-state index in [0.29, 0.717) is 29.6 Å². The summed E-state index contributed by atoms with van der Waals surface area (Å²) in [6.07, 6.45) is 0. The molecule has 0 bridgehead atoms. The fraction of sp³-hybridized carbons (Fsp3) is 0.333. The van der Waals surface area contributed by atoms with Crippen molar-refractivity contribution in [3.05, 3.63) is 52.4 Å². The number of benzene rings is 1. The number of aryl methyl sites for hydroxylation is 1.